The van der Waals surface area contributed by atoms with Crippen molar-refractivity contribution in [2.45, 2.75) is 24.2 Å². The molecule has 0 heterocycles. The largest absolute Gasteiger partial charge is 0.0777 e. The Morgan fingerprint density at radius 3 is 2.39 bits per heavy atom. The van der Waals surface area contributed by atoms with Crippen LogP contribution in [0.5, 0.6) is 0 Å². The number of hydrogen-bond donors (Lipinski definition) is 0. The molecule has 2 heteroatoms. The van der Waals surface area contributed by atoms with Gasteiger partial charge < -0.3 is 0 Å². The fraction of sp³-hybridized carbons (Fsp3) is 0.250. The van der Waals surface area contributed by atoms with E-state index < -0.39 is 0 Å². The van der Waals surface area contributed by atoms with E-state index in [-0.39, 0.29) is 0 Å². The van der Waals surface area contributed by atoms with Gasteiger partial charge in [-0.2, -0.15) is 0 Å². The molecule has 0 spiro atoms. The van der Waals surface area contributed by atoms with Crippen LogP contribution in [0.4, 0.5) is 0 Å². The fourth-order valence-corrected chi connectivity index (χ4v) is 3.15. The quantitative estimate of drug-likeness (QED) is 0.387. The summed E-state index contributed by atoms with van der Waals surface area (Å²) in [5, 5.41) is 0. The molecule has 0 N–H and O–H groups in total. The highest BCUT2D eigenvalue weighted by Gasteiger charge is 2.10. The van der Waals surface area contributed by atoms with Gasteiger partial charge in [-0.15, -0.1) is 0 Å². The van der Waals surface area contributed by atoms with Gasteiger partial charge >= 0.3 is 0 Å². The molecule has 2 aromatic carbocycles. The van der Waals surface area contributed by atoms with Gasteiger partial charge in [0, 0.05) is 7.49 Å². The maximum atomic E-state index is 2.47. The molecule has 1 atom stereocenters. The fourth-order valence-electron chi connectivity index (χ4n) is 2.08. The van der Waals surface area contributed by atoms with Crippen molar-refractivity contribution in [1.82, 2.24) is 0 Å². The normalized spacial score (nSPS) is 12.4. The highest BCUT2D eigenvalue weighted by atomic mass is 127. The zero-order chi connectivity index (χ0) is 13.1. The van der Waals surface area contributed by atoms with E-state index in [4.69, 9.17) is 0 Å². The van der Waals surface area contributed by atoms with Gasteiger partial charge in [0.05, 0.1) is 0 Å². The van der Waals surface area contributed by atoms with E-state index in [9.17, 15) is 0 Å². The van der Waals surface area contributed by atoms with Crippen LogP contribution in [0.3, 0.4) is 0 Å². The summed E-state index contributed by atoms with van der Waals surface area (Å²) in [6, 6.07) is 15.5. The molecule has 18 heavy (non-hydrogen) atoms. The lowest BCUT2D eigenvalue weighted by Crippen LogP contribution is -1.93. The SMILES string of the molecule is CCc1ccc(C(C)I)cc1-c1ccccc1I. The van der Waals surface area contributed by atoms with E-state index in [0.717, 1.165) is 6.42 Å². The monoisotopic (exact) mass is 462 g/mol. The number of alkyl halides is 1. The Kier molecular flexibility index (Phi) is 5.06. The summed E-state index contributed by atoms with van der Waals surface area (Å²) in [4.78, 5) is 0. The van der Waals surface area contributed by atoms with Crippen molar-refractivity contribution in [1.29, 1.82) is 0 Å². The van der Waals surface area contributed by atoms with Crippen molar-refractivity contribution in [3.8, 4) is 11.1 Å². The molecular formula is C16H16I2. The Balaban J connectivity index is 2.61. The molecule has 0 aliphatic heterocycles. The Hall–Kier alpha value is -0.100. The van der Waals surface area contributed by atoms with Crippen LogP contribution in [0.25, 0.3) is 11.1 Å². The van der Waals surface area contributed by atoms with E-state index in [1.165, 1.54) is 25.8 Å². The van der Waals surface area contributed by atoms with Crippen LogP contribution in [-0.4, -0.2) is 0 Å². The lowest BCUT2D eigenvalue weighted by molar-refractivity contribution is 1.11. The maximum absolute atomic E-state index is 2.47. The minimum absolute atomic E-state index is 0.550. The molecule has 0 aliphatic carbocycles. The third-order valence-corrected chi connectivity index (χ3v) is 4.80. The molecule has 0 bridgehead atoms. The first-order valence-electron chi connectivity index (χ1n) is 6.15. The number of hydrogen-bond acceptors (Lipinski definition) is 0. The maximum Gasteiger partial charge on any atom is 0.0331 e. The second kappa shape index (κ2) is 6.37. The lowest BCUT2D eigenvalue weighted by atomic mass is 9.95. The van der Waals surface area contributed by atoms with Crippen LogP contribution in [0.15, 0.2) is 42.5 Å². The van der Waals surface area contributed by atoms with E-state index in [1.807, 2.05) is 0 Å². The van der Waals surface area contributed by atoms with Gasteiger partial charge in [-0.05, 0) is 70.3 Å². The van der Waals surface area contributed by atoms with Gasteiger partial charge in [0.1, 0.15) is 0 Å². The van der Waals surface area contributed by atoms with Crippen molar-refractivity contribution in [3.05, 3.63) is 57.2 Å². The van der Waals surface area contributed by atoms with Crippen molar-refractivity contribution in [2.24, 2.45) is 0 Å². The third kappa shape index (κ3) is 3.07. The zero-order valence-corrected chi connectivity index (χ0v) is 14.9. The highest BCUT2D eigenvalue weighted by Crippen LogP contribution is 2.32. The van der Waals surface area contributed by atoms with E-state index in [1.54, 1.807) is 0 Å². The number of benzene rings is 2. The van der Waals surface area contributed by atoms with Gasteiger partial charge in [0.15, 0.2) is 0 Å². The number of rotatable bonds is 3. The molecule has 0 aromatic heterocycles. The van der Waals surface area contributed by atoms with Crippen LogP contribution < -0.4 is 0 Å². The predicted octanol–water partition coefficient (Wildman–Crippen LogP) is 6.02. The first-order valence-corrected chi connectivity index (χ1v) is 8.47. The van der Waals surface area contributed by atoms with Gasteiger partial charge in [0.25, 0.3) is 0 Å². The molecule has 0 fully saturated rings. The first-order chi connectivity index (χ1) is 8.63. The average molecular weight is 462 g/mol. The third-order valence-electron chi connectivity index (χ3n) is 3.14. The Morgan fingerprint density at radius 2 is 1.78 bits per heavy atom. The Bertz CT molecular complexity index is 545. The van der Waals surface area contributed by atoms with Crippen LogP contribution in [0.1, 0.15) is 28.9 Å². The molecule has 0 nitrogen and oxygen atoms in total. The van der Waals surface area contributed by atoms with E-state index in [2.05, 4.69) is 101 Å². The Labute approximate surface area is 136 Å². The smallest absolute Gasteiger partial charge is 0.0331 e. The number of aryl methyl sites for hydroxylation is 1. The molecule has 0 saturated heterocycles. The topological polar surface area (TPSA) is 0 Å². The molecule has 94 valence electrons. The van der Waals surface area contributed by atoms with Crippen LogP contribution in [0, 0.1) is 3.57 Å². The first kappa shape index (κ1) is 14.3. The molecule has 0 aliphatic rings. The molecule has 0 saturated carbocycles. The van der Waals surface area contributed by atoms with Crippen molar-refractivity contribution in [2.75, 3.05) is 0 Å². The minimum atomic E-state index is 0.550. The number of halogens is 2. The van der Waals surface area contributed by atoms with E-state index >= 15 is 0 Å². The van der Waals surface area contributed by atoms with Gasteiger partial charge in [-0.3, -0.25) is 0 Å². The molecule has 0 radical (unpaired) electrons. The standard InChI is InChI=1S/C16H16I2/c1-3-12-8-9-13(11(2)17)10-15(12)14-6-4-5-7-16(14)18/h4-11H,3H2,1-2H3. The molecule has 2 rings (SSSR count). The van der Waals surface area contributed by atoms with Crippen molar-refractivity contribution in [3.63, 3.8) is 0 Å². The summed E-state index contributed by atoms with van der Waals surface area (Å²) in [5.74, 6) is 0. The molecule has 2 aromatic rings. The zero-order valence-electron chi connectivity index (χ0n) is 10.6. The van der Waals surface area contributed by atoms with Gasteiger partial charge in [-0.1, -0.05) is 59.8 Å². The highest BCUT2D eigenvalue weighted by molar-refractivity contribution is 14.1. The molecule has 1 unspecified atom stereocenters. The summed E-state index contributed by atoms with van der Waals surface area (Å²) in [5.41, 5.74) is 5.58. The van der Waals surface area contributed by atoms with Crippen LogP contribution in [-0.2, 0) is 6.42 Å². The lowest BCUT2D eigenvalue weighted by Gasteiger charge is -2.13. The van der Waals surface area contributed by atoms with Crippen molar-refractivity contribution >= 4 is 45.2 Å². The van der Waals surface area contributed by atoms with Crippen molar-refractivity contribution < 1.29 is 0 Å². The van der Waals surface area contributed by atoms with Gasteiger partial charge in [-0.25, -0.2) is 0 Å². The predicted molar refractivity (Wildman–Crippen MR) is 96.4 cm³/mol. The molecule has 0 amide bonds. The summed E-state index contributed by atoms with van der Waals surface area (Å²) < 4.78 is 1.87. The summed E-state index contributed by atoms with van der Waals surface area (Å²) in [6.45, 7) is 4.46. The Morgan fingerprint density at radius 1 is 1.06 bits per heavy atom. The second-order valence-electron chi connectivity index (χ2n) is 4.37. The van der Waals surface area contributed by atoms with Gasteiger partial charge in [0.2, 0.25) is 0 Å². The summed E-state index contributed by atoms with van der Waals surface area (Å²) in [6.07, 6.45) is 1.08. The summed E-state index contributed by atoms with van der Waals surface area (Å²) >= 11 is 4.90. The van der Waals surface area contributed by atoms with Crippen LogP contribution >= 0.6 is 45.2 Å². The average Bonchev–Trinajstić information content (AvgIpc) is 2.38. The second-order valence-corrected chi connectivity index (χ2v) is 7.40. The summed E-state index contributed by atoms with van der Waals surface area (Å²) in [7, 11) is 0. The minimum Gasteiger partial charge on any atom is -0.0777 e. The van der Waals surface area contributed by atoms with E-state index in [0.29, 0.717) is 3.92 Å². The van der Waals surface area contributed by atoms with Crippen LogP contribution in [0.2, 0.25) is 0 Å². The molecular weight excluding hydrogens is 446 g/mol.